The zero-order valence-electron chi connectivity index (χ0n) is 11.1. The molecule has 0 heterocycles. The van der Waals surface area contributed by atoms with Crippen molar-refractivity contribution in [3.8, 4) is 0 Å². The van der Waals surface area contributed by atoms with Crippen molar-refractivity contribution in [2.24, 2.45) is 0 Å². The molecule has 0 saturated heterocycles. The molecule has 110 valence electrons. The maximum Gasteiger partial charge on any atom is 0.237 e. The summed E-state index contributed by atoms with van der Waals surface area (Å²) in [5.74, 6) is -1.65. The lowest BCUT2D eigenvalue weighted by Gasteiger charge is -2.13. The van der Waals surface area contributed by atoms with E-state index >= 15 is 0 Å². The van der Waals surface area contributed by atoms with Gasteiger partial charge in [-0.2, -0.15) is 0 Å². The Labute approximate surface area is 134 Å². The van der Waals surface area contributed by atoms with Gasteiger partial charge in [0.1, 0.15) is 11.6 Å². The number of rotatable bonds is 4. The van der Waals surface area contributed by atoms with E-state index in [4.69, 9.17) is 0 Å². The van der Waals surface area contributed by atoms with E-state index in [0.29, 0.717) is 0 Å². The fraction of sp³-hybridized carbons (Fsp3) is 0.133. The Morgan fingerprint density at radius 2 is 1.95 bits per heavy atom. The number of carbonyl (C=O) groups is 1. The average molecular weight is 372 g/mol. The van der Waals surface area contributed by atoms with Crippen LogP contribution in [-0.2, 0) is 4.79 Å². The number of hydrogen-bond acceptors (Lipinski definition) is 2. The Bertz CT molecular complexity index is 666. The van der Waals surface area contributed by atoms with Gasteiger partial charge in [-0.05, 0) is 47.1 Å². The van der Waals surface area contributed by atoms with E-state index in [-0.39, 0.29) is 11.6 Å². The zero-order chi connectivity index (χ0) is 15.4. The average Bonchev–Trinajstić information content (AvgIpc) is 2.45. The second-order valence-corrected chi connectivity index (χ2v) is 6.54. The molecule has 21 heavy (non-hydrogen) atoms. The summed E-state index contributed by atoms with van der Waals surface area (Å²) >= 11 is 4.73. The minimum Gasteiger partial charge on any atom is -0.323 e. The molecular weight excluding hydrogens is 360 g/mol. The first-order chi connectivity index (χ1) is 9.97. The third kappa shape index (κ3) is 4.28. The van der Waals surface area contributed by atoms with Gasteiger partial charge in [-0.1, -0.05) is 12.1 Å². The van der Waals surface area contributed by atoms with Crippen LogP contribution in [0.3, 0.4) is 0 Å². The molecule has 0 radical (unpaired) electrons. The molecule has 1 atom stereocenters. The molecule has 0 aliphatic carbocycles. The van der Waals surface area contributed by atoms with E-state index < -0.39 is 16.9 Å². The van der Waals surface area contributed by atoms with Gasteiger partial charge in [0.15, 0.2) is 0 Å². The smallest absolute Gasteiger partial charge is 0.237 e. The lowest BCUT2D eigenvalue weighted by molar-refractivity contribution is -0.115. The van der Waals surface area contributed by atoms with Crippen LogP contribution in [-0.4, -0.2) is 11.2 Å². The summed E-state index contributed by atoms with van der Waals surface area (Å²) in [4.78, 5) is 13.0. The van der Waals surface area contributed by atoms with Crippen LogP contribution in [0.15, 0.2) is 51.8 Å². The SMILES string of the molecule is CC(Sc1ccccc1Br)C(=O)Nc1cc(F)ccc1F. The predicted molar refractivity (Wildman–Crippen MR) is 84.4 cm³/mol. The Balaban J connectivity index is 2.06. The minimum atomic E-state index is -0.664. The van der Waals surface area contributed by atoms with E-state index in [9.17, 15) is 13.6 Å². The Morgan fingerprint density at radius 1 is 1.24 bits per heavy atom. The number of amides is 1. The molecule has 0 aromatic heterocycles. The number of anilines is 1. The van der Waals surface area contributed by atoms with E-state index in [0.717, 1.165) is 27.6 Å². The molecule has 1 amide bonds. The van der Waals surface area contributed by atoms with Crippen LogP contribution in [0.4, 0.5) is 14.5 Å². The first-order valence-corrected chi connectivity index (χ1v) is 7.81. The first-order valence-electron chi connectivity index (χ1n) is 6.14. The number of benzene rings is 2. The van der Waals surface area contributed by atoms with Crippen LogP contribution >= 0.6 is 27.7 Å². The highest BCUT2D eigenvalue weighted by Crippen LogP contribution is 2.31. The van der Waals surface area contributed by atoms with Gasteiger partial charge >= 0.3 is 0 Å². The summed E-state index contributed by atoms with van der Waals surface area (Å²) in [6.45, 7) is 1.71. The number of halogens is 3. The lowest BCUT2D eigenvalue weighted by Crippen LogP contribution is -2.23. The van der Waals surface area contributed by atoms with Gasteiger partial charge in [-0.15, -0.1) is 11.8 Å². The highest BCUT2D eigenvalue weighted by molar-refractivity contribution is 9.10. The zero-order valence-corrected chi connectivity index (χ0v) is 13.5. The second kappa shape index (κ2) is 7.04. The number of thioether (sulfide) groups is 1. The highest BCUT2D eigenvalue weighted by atomic mass is 79.9. The molecular formula is C15H12BrF2NOS. The van der Waals surface area contributed by atoms with Gasteiger partial charge in [0.2, 0.25) is 5.91 Å². The van der Waals surface area contributed by atoms with E-state index in [1.807, 2.05) is 24.3 Å². The molecule has 0 fully saturated rings. The first kappa shape index (κ1) is 16.0. The molecule has 2 rings (SSSR count). The topological polar surface area (TPSA) is 29.1 Å². The molecule has 2 aromatic rings. The van der Waals surface area contributed by atoms with Crippen LogP contribution in [0.2, 0.25) is 0 Å². The van der Waals surface area contributed by atoms with Crippen molar-refractivity contribution in [2.75, 3.05) is 5.32 Å². The molecule has 2 nitrogen and oxygen atoms in total. The fourth-order valence-electron chi connectivity index (χ4n) is 1.61. The Kier molecular flexibility index (Phi) is 5.36. The van der Waals surface area contributed by atoms with E-state index in [1.54, 1.807) is 6.92 Å². The van der Waals surface area contributed by atoms with Crippen LogP contribution in [0.25, 0.3) is 0 Å². The summed E-state index contributed by atoms with van der Waals surface area (Å²) in [6.07, 6.45) is 0. The van der Waals surface area contributed by atoms with Gasteiger partial charge in [0, 0.05) is 15.4 Å². The van der Waals surface area contributed by atoms with Gasteiger partial charge in [0.25, 0.3) is 0 Å². The standard InChI is InChI=1S/C15H12BrF2NOS/c1-9(21-14-5-3-2-4-11(14)16)15(20)19-13-8-10(17)6-7-12(13)18/h2-9H,1H3,(H,19,20). The van der Waals surface area contributed by atoms with Crippen LogP contribution in [0, 0.1) is 11.6 Å². The normalized spacial score (nSPS) is 12.0. The monoisotopic (exact) mass is 371 g/mol. The molecule has 6 heteroatoms. The molecule has 0 saturated carbocycles. The third-order valence-electron chi connectivity index (χ3n) is 2.70. The van der Waals surface area contributed by atoms with Crippen molar-refractivity contribution in [1.29, 1.82) is 0 Å². The second-order valence-electron chi connectivity index (χ2n) is 4.30. The predicted octanol–water partition coefficient (Wildman–Crippen LogP) is 4.85. The number of carbonyl (C=O) groups excluding carboxylic acids is 1. The maximum atomic E-state index is 13.5. The molecule has 0 aliphatic heterocycles. The molecule has 0 aliphatic rings. The summed E-state index contributed by atoms with van der Waals surface area (Å²) in [5.41, 5.74) is -0.153. The Hall–Kier alpha value is -1.40. The van der Waals surface area contributed by atoms with Gasteiger partial charge in [0.05, 0.1) is 10.9 Å². The third-order valence-corrected chi connectivity index (χ3v) is 4.83. The lowest BCUT2D eigenvalue weighted by atomic mass is 10.3. The van der Waals surface area contributed by atoms with Crippen molar-refractivity contribution in [3.05, 3.63) is 58.6 Å². The number of nitrogens with one attached hydrogen (secondary N) is 1. The summed E-state index contributed by atoms with van der Waals surface area (Å²) < 4.78 is 27.4. The van der Waals surface area contributed by atoms with Crippen LogP contribution < -0.4 is 5.32 Å². The molecule has 2 aromatic carbocycles. The number of hydrogen-bond donors (Lipinski definition) is 1. The fourth-order valence-corrected chi connectivity index (χ4v) is 3.06. The van der Waals surface area contributed by atoms with Crippen LogP contribution in [0.5, 0.6) is 0 Å². The molecule has 0 bridgehead atoms. The maximum absolute atomic E-state index is 13.5. The highest BCUT2D eigenvalue weighted by Gasteiger charge is 2.17. The Morgan fingerprint density at radius 3 is 2.67 bits per heavy atom. The van der Waals surface area contributed by atoms with Crippen molar-refractivity contribution in [2.45, 2.75) is 17.1 Å². The summed E-state index contributed by atoms with van der Waals surface area (Å²) in [7, 11) is 0. The quantitative estimate of drug-likeness (QED) is 0.778. The minimum absolute atomic E-state index is 0.153. The van der Waals surface area contributed by atoms with Crippen LogP contribution in [0.1, 0.15) is 6.92 Å². The van der Waals surface area contributed by atoms with Crippen molar-refractivity contribution >= 4 is 39.3 Å². The van der Waals surface area contributed by atoms with Gasteiger partial charge < -0.3 is 5.32 Å². The van der Waals surface area contributed by atoms with Gasteiger partial charge in [-0.3, -0.25) is 4.79 Å². The molecule has 0 spiro atoms. The summed E-state index contributed by atoms with van der Waals surface area (Å²) in [6, 6.07) is 10.4. The van der Waals surface area contributed by atoms with E-state index in [1.165, 1.54) is 11.8 Å². The largest absolute Gasteiger partial charge is 0.323 e. The van der Waals surface area contributed by atoms with Crippen molar-refractivity contribution in [1.82, 2.24) is 0 Å². The van der Waals surface area contributed by atoms with Crippen molar-refractivity contribution < 1.29 is 13.6 Å². The molecule has 1 unspecified atom stereocenters. The summed E-state index contributed by atoms with van der Waals surface area (Å²) in [5, 5.41) is 1.95. The van der Waals surface area contributed by atoms with Gasteiger partial charge in [-0.25, -0.2) is 8.78 Å². The van der Waals surface area contributed by atoms with Crippen molar-refractivity contribution in [3.63, 3.8) is 0 Å². The van der Waals surface area contributed by atoms with E-state index in [2.05, 4.69) is 21.2 Å². The molecule has 1 N–H and O–H groups in total.